The number of hydrogen-bond acceptors (Lipinski definition) is 4. The molecule has 0 radical (unpaired) electrons. The van der Waals surface area contributed by atoms with Gasteiger partial charge >= 0.3 is 5.97 Å². The molecule has 1 aliphatic rings. The SMILES string of the molecule is CCN1C(=O)/C(=C\c2ccc(C(=O)O)cc2)SC1=Nc1c(C)cccc1C. The molecule has 138 valence electrons. The summed E-state index contributed by atoms with van der Waals surface area (Å²) in [6.45, 7) is 6.46. The molecule has 0 spiro atoms. The van der Waals surface area contributed by atoms with Crippen LogP contribution in [-0.4, -0.2) is 33.6 Å². The summed E-state index contributed by atoms with van der Waals surface area (Å²) in [6, 6.07) is 12.5. The molecular weight excluding hydrogens is 360 g/mol. The van der Waals surface area contributed by atoms with E-state index in [9.17, 15) is 9.59 Å². The second kappa shape index (κ2) is 7.80. The van der Waals surface area contributed by atoms with Crippen molar-refractivity contribution in [3.05, 3.63) is 69.6 Å². The number of carboxylic acid groups (broad SMARTS) is 1. The lowest BCUT2D eigenvalue weighted by Crippen LogP contribution is -2.28. The smallest absolute Gasteiger partial charge is 0.335 e. The van der Waals surface area contributed by atoms with Crippen LogP contribution >= 0.6 is 11.8 Å². The van der Waals surface area contributed by atoms with Gasteiger partial charge in [0, 0.05) is 6.54 Å². The van der Waals surface area contributed by atoms with Crippen LogP contribution in [0.15, 0.2) is 52.4 Å². The Kier molecular flexibility index (Phi) is 5.46. The van der Waals surface area contributed by atoms with E-state index in [1.807, 2.05) is 39.0 Å². The van der Waals surface area contributed by atoms with Crippen molar-refractivity contribution in [2.75, 3.05) is 6.54 Å². The lowest BCUT2D eigenvalue weighted by Gasteiger charge is -2.13. The fraction of sp³-hybridized carbons (Fsp3) is 0.190. The Morgan fingerprint density at radius 1 is 1.15 bits per heavy atom. The van der Waals surface area contributed by atoms with Crippen LogP contribution in [0.4, 0.5) is 5.69 Å². The number of aryl methyl sites for hydroxylation is 2. The number of para-hydroxylation sites is 1. The van der Waals surface area contributed by atoms with Gasteiger partial charge in [0.2, 0.25) is 0 Å². The second-order valence-corrected chi connectivity index (χ2v) is 7.23. The summed E-state index contributed by atoms with van der Waals surface area (Å²) in [5.41, 5.74) is 4.01. The number of carbonyl (C=O) groups is 2. The standard InChI is InChI=1S/C21H20N2O3S/c1-4-23-19(24)17(12-15-8-10-16(11-9-15)20(25)26)27-21(23)22-18-13(2)6-5-7-14(18)3/h5-12H,4H2,1-3H3,(H,25,26)/b17-12+,22-21?. The lowest BCUT2D eigenvalue weighted by molar-refractivity contribution is -0.122. The molecule has 0 bridgehead atoms. The topological polar surface area (TPSA) is 70.0 Å². The zero-order valence-electron chi connectivity index (χ0n) is 15.4. The maximum Gasteiger partial charge on any atom is 0.335 e. The number of benzene rings is 2. The Hall–Kier alpha value is -2.86. The number of carboxylic acids is 1. The zero-order valence-corrected chi connectivity index (χ0v) is 16.2. The number of nitrogens with zero attached hydrogens (tertiary/aromatic N) is 2. The summed E-state index contributed by atoms with van der Waals surface area (Å²) in [5.74, 6) is -1.06. The van der Waals surface area contributed by atoms with Crippen molar-refractivity contribution in [1.29, 1.82) is 0 Å². The normalized spacial score (nSPS) is 17.1. The quantitative estimate of drug-likeness (QED) is 0.786. The molecule has 0 unspecified atom stereocenters. The Morgan fingerprint density at radius 2 is 1.78 bits per heavy atom. The number of carbonyl (C=O) groups excluding carboxylic acids is 1. The van der Waals surface area contributed by atoms with Gasteiger partial charge < -0.3 is 5.11 Å². The maximum atomic E-state index is 12.7. The van der Waals surface area contributed by atoms with Crippen molar-refractivity contribution in [1.82, 2.24) is 4.90 Å². The van der Waals surface area contributed by atoms with Gasteiger partial charge in [0.25, 0.3) is 5.91 Å². The molecule has 27 heavy (non-hydrogen) atoms. The van der Waals surface area contributed by atoms with Crippen molar-refractivity contribution in [3.8, 4) is 0 Å². The zero-order chi connectivity index (χ0) is 19.6. The summed E-state index contributed by atoms with van der Waals surface area (Å²) < 4.78 is 0. The van der Waals surface area contributed by atoms with Gasteiger partial charge in [0.05, 0.1) is 16.2 Å². The van der Waals surface area contributed by atoms with Crippen molar-refractivity contribution in [2.24, 2.45) is 4.99 Å². The summed E-state index contributed by atoms with van der Waals surface area (Å²) in [4.78, 5) is 30.7. The molecule has 0 saturated carbocycles. The monoisotopic (exact) mass is 380 g/mol. The molecule has 6 heteroatoms. The summed E-state index contributed by atoms with van der Waals surface area (Å²) in [5, 5.41) is 9.65. The molecule has 1 saturated heterocycles. The molecule has 0 aromatic heterocycles. The maximum absolute atomic E-state index is 12.7. The number of hydrogen-bond donors (Lipinski definition) is 1. The molecule has 0 aliphatic carbocycles. The molecule has 1 N–H and O–H groups in total. The van der Waals surface area contributed by atoms with E-state index in [1.165, 1.54) is 23.9 Å². The van der Waals surface area contributed by atoms with Gasteiger partial charge in [-0.15, -0.1) is 0 Å². The number of amides is 1. The third kappa shape index (κ3) is 3.95. The fourth-order valence-electron chi connectivity index (χ4n) is 2.82. The first-order valence-electron chi connectivity index (χ1n) is 8.60. The molecule has 1 aliphatic heterocycles. The minimum absolute atomic E-state index is 0.0881. The third-order valence-electron chi connectivity index (χ3n) is 4.31. The molecule has 1 heterocycles. The van der Waals surface area contributed by atoms with Crippen molar-refractivity contribution < 1.29 is 14.7 Å². The van der Waals surface area contributed by atoms with E-state index in [0.717, 1.165) is 22.4 Å². The van der Waals surface area contributed by atoms with Crippen molar-refractivity contribution in [2.45, 2.75) is 20.8 Å². The first-order chi connectivity index (χ1) is 12.9. The predicted molar refractivity (Wildman–Crippen MR) is 109 cm³/mol. The van der Waals surface area contributed by atoms with Crippen LogP contribution in [0, 0.1) is 13.8 Å². The highest BCUT2D eigenvalue weighted by atomic mass is 32.2. The van der Waals surface area contributed by atoms with Crippen LogP contribution in [0.5, 0.6) is 0 Å². The predicted octanol–water partition coefficient (Wildman–Crippen LogP) is 4.63. The van der Waals surface area contributed by atoms with Gasteiger partial charge in [0.1, 0.15) is 0 Å². The van der Waals surface area contributed by atoms with E-state index in [-0.39, 0.29) is 11.5 Å². The van der Waals surface area contributed by atoms with Gasteiger partial charge in [0.15, 0.2) is 5.17 Å². The molecule has 1 amide bonds. The largest absolute Gasteiger partial charge is 0.478 e. The number of rotatable bonds is 4. The average Bonchev–Trinajstić information content (AvgIpc) is 2.93. The van der Waals surface area contributed by atoms with E-state index < -0.39 is 5.97 Å². The van der Waals surface area contributed by atoms with Gasteiger partial charge in [-0.25, -0.2) is 9.79 Å². The second-order valence-electron chi connectivity index (χ2n) is 6.22. The Balaban J connectivity index is 1.95. The van der Waals surface area contributed by atoms with Crippen LogP contribution < -0.4 is 0 Å². The van der Waals surface area contributed by atoms with Crippen molar-refractivity contribution in [3.63, 3.8) is 0 Å². The van der Waals surface area contributed by atoms with Crippen LogP contribution in [-0.2, 0) is 4.79 Å². The Morgan fingerprint density at radius 3 is 2.33 bits per heavy atom. The molecule has 5 nitrogen and oxygen atoms in total. The Labute approximate surface area is 162 Å². The highest BCUT2D eigenvalue weighted by Gasteiger charge is 2.32. The first-order valence-corrected chi connectivity index (χ1v) is 9.42. The Bertz CT molecular complexity index is 942. The fourth-order valence-corrected chi connectivity index (χ4v) is 3.87. The number of thioether (sulfide) groups is 1. The molecule has 0 atom stereocenters. The molecule has 1 fully saturated rings. The van der Waals surface area contributed by atoms with E-state index in [0.29, 0.717) is 16.6 Å². The number of amidine groups is 1. The molecule has 2 aromatic rings. The molecular formula is C21H20N2O3S. The van der Waals surface area contributed by atoms with E-state index in [4.69, 9.17) is 10.1 Å². The van der Waals surface area contributed by atoms with Gasteiger partial charge in [-0.3, -0.25) is 9.69 Å². The number of aromatic carboxylic acids is 1. The highest BCUT2D eigenvalue weighted by molar-refractivity contribution is 8.18. The van der Waals surface area contributed by atoms with Crippen molar-refractivity contribution >= 4 is 40.6 Å². The van der Waals surface area contributed by atoms with Crippen LogP contribution in [0.25, 0.3) is 6.08 Å². The van der Waals surface area contributed by atoms with E-state index in [2.05, 4.69) is 0 Å². The lowest BCUT2D eigenvalue weighted by atomic mass is 10.1. The minimum Gasteiger partial charge on any atom is -0.478 e. The van der Waals surface area contributed by atoms with Gasteiger partial charge in [-0.05, 0) is 67.4 Å². The van der Waals surface area contributed by atoms with Gasteiger partial charge in [-0.2, -0.15) is 0 Å². The van der Waals surface area contributed by atoms with E-state index >= 15 is 0 Å². The van der Waals surface area contributed by atoms with Crippen LogP contribution in [0.1, 0.15) is 34.0 Å². The third-order valence-corrected chi connectivity index (χ3v) is 5.31. The van der Waals surface area contributed by atoms with Crippen LogP contribution in [0.2, 0.25) is 0 Å². The van der Waals surface area contributed by atoms with Gasteiger partial charge in [-0.1, -0.05) is 30.3 Å². The summed E-state index contributed by atoms with van der Waals surface area (Å²) >= 11 is 1.34. The summed E-state index contributed by atoms with van der Waals surface area (Å²) in [6.07, 6.45) is 1.77. The average molecular weight is 380 g/mol. The van der Waals surface area contributed by atoms with E-state index in [1.54, 1.807) is 23.1 Å². The summed E-state index contributed by atoms with van der Waals surface area (Å²) in [7, 11) is 0. The number of aliphatic imine (C=N–C) groups is 1. The molecule has 3 rings (SSSR count). The first kappa shape index (κ1) is 18.9. The highest BCUT2D eigenvalue weighted by Crippen LogP contribution is 2.35. The molecule has 2 aromatic carbocycles. The minimum atomic E-state index is -0.972. The number of likely N-dealkylation sites (N-methyl/N-ethyl adjacent to an activating group) is 1. The van der Waals surface area contributed by atoms with Crippen LogP contribution in [0.3, 0.4) is 0 Å².